The minimum atomic E-state index is -0.290. The normalized spacial score (nSPS) is 11.1. The number of rotatable bonds is 3. The van der Waals surface area contributed by atoms with Crippen molar-refractivity contribution < 1.29 is 8.81 Å². The lowest BCUT2D eigenvalue weighted by Crippen LogP contribution is -1.89. The topological polar surface area (TPSA) is 67.6 Å². The number of hydrogen-bond acceptors (Lipinski definition) is 4. The van der Waals surface area contributed by atoms with Gasteiger partial charge in [-0.3, -0.25) is 5.10 Å². The molecular formula is C21H13FN4O. The van der Waals surface area contributed by atoms with Crippen LogP contribution in [0.2, 0.25) is 0 Å². The van der Waals surface area contributed by atoms with E-state index in [4.69, 9.17) is 4.42 Å². The summed E-state index contributed by atoms with van der Waals surface area (Å²) in [5, 5.41) is 7.86. The number of aromatic amines is 1. The summed E-state index contributed by atoms with van der Waals surface area (Å²) in [4.78, 5) is 9.01. The summed E-state index contributed by atoms with van der Waals surface area (Å²) in [5.41, 5.74) is 3.74. The number of H-pyrrole nitrogens is 1. The predicted molar refractivity (Wildman–Crippen MR) is 100 cm³/mol. The third-order valence-electron chi connectivity index (χ3n) is 4.34. The van der Waals surface area contributed by atoms with Gasteiger partial charge in [-0.1, -0.05) is 30.3 Å². The maximum atomic E-state index is 13.2. The number of aromatic nitrogens is 4. The molecule has 5 aromatic rings. The summed E-state index contributed by atoms with van der Waals surface area (Å²) >= 11 is 0. The molecule has 0 aliphatic rings. The van der Waals surface area contributed by atoms with Crippen molar-refractivity contribution in [2.45, 2.75) is 0 Å². The molecule has 5 nitrogen and oxygen atoms in total. The van der Waals surface area contributed by atoms with E-state index in [-0.39, 0.29) is 5.82 Å². The number of nitrogens with one attached hydrogen (secondary N) is 1. The van der Waals surface area contributed by atoms with Gasteiger partial charge in [0.25, 0.3) is 0 Å². The molecule has 0 spiro atoms. The fourth-order valence-corrected chi connectivity index (χ4v) is 3.00. The molecular weight excluding hydrogens is 343 g/mol. The molecule has 0 saturated heterocycles. The Morgan fingerprint density at radius 1 is 0.889 bits per heavy atom. The summed E-state index contributed by atoms with van der Waals surface area (Å²) in [6.07, 6.45) is 3.38. The van der Waals surface area contributed by atoms with Crippen LogP contribution in [0.25, 0.3) is 45.1 Å². The largest absolute Gasteiger partial charge is 0.438 e. The SMILES string of the molecule is Fc1ccc(-c2[nH]ncc2-c2ncc3cc(-c4ccccc4)oc3n2)cc1. The zero-order valence-corrected chi connectivity index (χ0v) is 14.1. The Morgan fingerprint density at radius 2 is 1.70 bits per heavy atom. The Balaban J connectivity index is 1.59. The fraction of sp³-hybridized carbons (Fsp3) is 0. The highest BCUT2D eigenvalue weighted by Gasteiger charge is 2.15. The molecule has 6 heteroatoms. The van der Waals surface area contributed by atoms with Gasteiger partial charge in [-0.15, -0.1) is 0 Å². The van der Waals surface area contributed by atoms with E-state index in [1.54, 1.807) is 24.5 Å². The summed E-state index contributed by atoms with van der Waals surface area (Å²) < 4.78 is 19.1. The fourth-order valence-electron chi connectivity index (χ4n) is 3.00. The van der Waals surface area contributed by atoms with Crippen LogP contribution < -0.4 is 0 Å². The second kappa shape index (κ2) is 6.17. The van der Waals surface area contributed by atoms with Gasteiger partial charge in [0.2, 0.25) is 5.71 Å². The van der Waals surface area contributed by atoms with Crippen LogP contribution in [0.5, 0.6) is 0 Å². The first-order chi connectivity index (χ1) is 13.3. The van der Waals surface area contributed by atoms with Crippen LogP contribution in [0.3, 0.4) is 0 Å². The molecule has 1 N–H and O–H groups in total. The van der Waals surface area contributed by atoms with Crippen molar-refractivity contribution in [3.05, 3.63) is 78.9 Å². The minimum Gasteiger partial charge on any atom is -0.438 e. The van der Waals surface area contributed by atoms with E-state index in [2.05, 4.69) is 20.2 Å². The van der Waals surface area contributed by atoms with E-state index in [0.29, 0.717) is 11.5 Å². The van der Waals surface area contributed by atoms with Gasteiger partial charge in [-0.2, -0.15) is 10.1 Å². The second-order valence-corrected chi connectivity index (χ2v) is 6.10. The van der Waals surface area contributed by atoms with Gasteiger partial charge in [0.15, 0.2) is 5.82 Å². The first kappa shape index (κ1) is 15.5. The smallest absolute Gasteiger partial charge is 0.230 e. The highest BCUT2D eigenvalue weighted by atomic mass is 19.1. The van der Waals surface area contributed by atoms with E-state index in [9.17, 15) is 4.39 Å². The van der Waals surface area contributed by atoms with Gasteiger partial charge in [-0.05, 0) is 30.3 Å². The lowest BCUT2D eigenvalue weighted by Gasteiger charge is -2.02. The molecule has 27 heavy (non-hydrogen) atoms. The summed E-state index contributed by atoms with van der Waals surface area (Å²) in [5.74, 6) is 0.939. The third-order valence-corrected chi connectivity index (χ3v) is 4.34. The molecule has 130 valence electrons. The molecule has 0 radical (unpaired) electrons. The monoisotopic (exact) mass is 356 g/mol. The van der Waals surface area contributed by atoms with Crippen LogP contribution in [0.4, 0.5) is 4.39 Å². The van der Waals surface area contributed by atoms with E-state index in [1.807, 2.05) is 36.4 Å². The van der Waals surface area contributed by atoms with Crippen molar-refractivity contribution in [1.29, 1.82) is 0 Å². The third kappa shape index (κ3) is 2.77. The molecule has 0 fully saturated rings. The van der Waals surface area contributed by atoms with Crippen molar-refractivity contribution in [1.82, 2.24) is 20.2 Å². The quantitative estimate of drug-likeness (QED) is 0.489. The summed E-state index contributed by atoms with van der Waals surface area (Å²) in [7, 11) is 0. The molecule has 0 unspecified atom stereocenters. The standard InChI is InChI=1S/C21H13FN4O/c22-16-8-6-14(7-9-16)19-17(12-24-26-19)20-23-11-15-10-18(27-21(15)25-20)13-4-2-1-3-5-13/h1-12H,(H,24,26). The zero-order chi connectivity index (χ0) is 18.2. The zero-order valence-electron chi connectivity index (χ0n) is 14.1. The lowest BCUT2D eigenvalue weighted by atomic mass is 10.1. The Kier molecular flexibility index (Phi) is 3.53. The van der Waals surface area contributed by atoms with Crippen LogP contribution in [-0.2, 0) is 0 Å². The molecule has 3 aromatic heterocycles. The molecule has 2 aromatic carbocycles. The van der Waals surface area contributed by atoms with E-state index in [1.165, 1.54) is 12.1 Å². The van der Waals surface area contributed by atoms with Gasteiger partial charge in [-0.25, -0.2) is 9.37 Å². The molecule has 0 amide bonds. The molecule has 0 aliphatic heterocycles. The van der Waals surface area contributed by atoms with Crippen LogP contribution in [-0.4, -0.2) is 20.2 Å². The Labute approximate surface area is 153 Å². The lowest BCUT2D eigenvalue weighted by molar-refractivity contribution is 0.618. The molecule has 5 rings (SSSR count). The molecule has 0 aliphatic carbocycles. The highest BCUT2D eigenvalue weighted by Crippen LogP contribution is 2.31. The number of nitrogens with zero attached hydrogens (tertiary/aromatic N) is 3. The minimum absolute atomic E-state index is 0.290. The van der Waals surface area contributed by atoms with Gasteiger partial charge in [0, 0.05) is 17.3 Å². The average molecular weight is 356 g/mol. The first-order valence-electron chi connectivity index (χ1n) is 8.39. The molecule has 0 bridgehead atoms. The highest BCUT2D eigenvalue weighted by molar-refractivity contribution is 5.83. The number of hydrogen-bond donors (Lipinski definition) is 1. The first-order valence-corrected chi connectivity index (χ1v) is 8.39. The van der Waals surface area contributed by atoms with Crippen LogP contribution >= 0.6 is 0 Å². The molecule has 0 atom stereocenters. The molecule has 0 saturated carbocycles. The van der Waals surface area contributed by atoms with E-state index in [0.717, 1.165) is 33.5 Å². The van der Waals surface area contributed by atoms with Gasteiger partial charge in [0.05, 0.1) is 22.8 Å². The van der Waals surface area contributed by atoms with Crippen molar-refractivity contribution >= 4 is 11.1 Å². The second-order valence-electron chi connectivity index (χ2n) is 6.10. The van der Waals surface area contributed by atoms with E-state index < -0.39 is 0 Å². The van der Waals surface area contributed by atoms with Crippen LogP contribution in [0.15, 0.2) is 77.5 Å². The molecule has 3 heterocycles. The Bertz CT molecular complexity index is 1230. The van der Waals surface area contributed by atoms with Crippen molar-refractivity contribution in [3.8, 4) is 34.0 Å². The van der Waals surface area contributed by atoms with Crippen LogP contribution in [0, 0.1) is 5.82 Å². The number of benzene rings is 2. The number of fused-ring (bicyclic) bond motifs is 1. The maximum absolute atomic E-state index is 13.2. The van der Waals surface area contributed by atoms with Gasteiger partial charge >= 0.3 is 0 Å². The van der Waals surface area contributed by atoms with Crippen molar-refractivity contribution in [3.63, 3.8) is 0 Å². The average Bonchev–Trinajstić information content (AvgIpc) is 3.36. The van der Waals surface area contributed by atoms with Crippen molar-refractivity contribution in [2.75, 3.05) is 0 Å². The van der Waals surface area contributed by atoms with Gasteiger partial charge in [0.1, 0.15) is 11.6 Å². The summed E-state index contributed by atoms with van der Waals surface area (Å²) in [6.45, 7) is 0. The van der Waals surface area contributed by atoms with E-state index >= 15 is 0 Å². The number of halogens is 1. The predicted octanol–water partition coefficient (Wildman–Crippen LogP) is 5.09. The number of furan rings is 1. The van der Waals surface area contributed by atoms with Gasteiger partial charge < -0.3 is 4.42 Å². The van der Waals surface area contributed by atoms with Crippen molar-refractivity contribution in [2.24, 2.45) is 0 Å². The Morgan fingerprint density at radius 3 is 2.52 bits per heavy atom. The Hall–Kier alpha value is -3.80. The summed E-state index contributed by atoms with van der Waals surface area (Å²) in [6, 6.07) is 17.9. The maximum Gasteiger partial charge on any atom is 0.230 e. The van der Waals surface area contributed by atoms with Crippen LogP contribution in [0.1, 0.15) is 0 Å².